The van der Waals surface area contributed by atoms with Gasteiger partial charge in [-0.2, -0.15) is 20.4 Å². The molecule has 0 saturated carbocycles. The third-order valence-corrected chi connectivity index (χ3v) is 22.9. The van der Waals surface area contributed by atoms with E-state index in [1.54, 1.807) is 17.5 Å². The predicted molar refractivity (Wildman–Crippen MR) is 628 cm³/mol. The van der Waals surface area contributed by atoms with Crippen molar-refractivity contribution in [1.29, 1.82) is 0 Å². The van der Waals surface area contributed by atoms with Gasteiger partial charge in [0.05, 0.1) is 46.6 Å². The molecule has 7 heterocycles. The summed E-state index contributed by atoms with van der Waals surface area (Å²) in [5.74, 6) is 12.6. The van der Waals surface area contributed by atoms with Gasteiger partial charge in [0.15, 0.2) is 0 Å². The van der Waals surface area contributed by atoms with Crippen LogP contribution in [-0.2, 0) is 0 Å². The lowest BCUT2D eigenvalue weighted by molar-refractivity contribution is 0.641. The molecule has 1 aromatic carbocycles. The Morgan fingerprint density at radius 1 is 0.158 bits per heavy atom. The SMILES string of the molecule is CC.CC.CC.CC.CC.CC.CC.CC.CC(C)c1ccnc(C(C)C)c1C(C)C.CC(C)c1cnnc(C(C)C)c1C(C)C.CC(C)c1cnnc(C(C)C)c1C(C)C.CC(C)c1ncnc(C(C)C)c1C(C)C.CC(C)c1nnnc(C(C)C)c1C(C)C.Cc1ccc(C(C)C)c(C(C)C)c1C(C)C.Cc1cnc(C(C)C)c(C(C)C)c1C(C)C.Cc1ncc(C(C)C)c(C(C)C)c1C(C)C. The van der Waals surface area contributed by atoms with E-state index < -0.39 is 0 Å². The van der Waals surface area contributed by atoms with Gasteiger partial charge in [0, 0.05) is 41.2 Å². The summed E-state index contributed by atoms with van der Waals surface area (Å²) in [6.07, 6.45) is 11.6. The second-order valence-corrected chi connectivity index (χ2v) is 42.2. The largest absolute Gasteiger partial charge is 0.261 e. The van der Waals surface area contributed by atoms with E-state index in [0.29, 0.717) is 142 Å². The fourth-order valence-electron chi connectivity index (χ4n) is 17.4. The minimum absolute atomic E-state index is 0.412. The van der Waals surface area contributed by atoms with E-state index in [2.05, 4.69) is 438 Å². The summed E-state index contributed by atoms with van der Waals surface area (Å²) in [5.41, 5.74) is 36.6. The summed E-state index contributed by atoms with van der Waals surface area (Å²) in [6, 6.07) is 6.78. The minimum Gasteiger partial charge on any atom is -0.261 e. The highest BCUT2D eigenvalue weighted by Crippen LogP contribution is 2.41. The van der Waals surface area contributed by atoms with Crippen LogP contribution in [0.25, 0.3) is 0 Å². The highest BCUT2D eigenvalue weighted by atomic mass is 15.3. The summed E-state index contributed by atoms with van der Waals surface area (Å²) in [7, 11) is 0. The number of nitrogens with zero attached hydrogens (tertiary/aromatic N) is 12. The maximum Gasteiger partial charge on any atom is 0.115 e. The Bertz CT molecular complexity index is 3700. The average molecular weight is 1930 g/mol. The molecule has 0 saturated heterocycles. The zero-order valence-electron chi connectivity index (χ0n) is 105. The Morgan fingerprint density at radius 2 is 0.388 bits per heavy atom. The lowest BCUT2D eigenvalue weighted by atomic mass is 9.81. The molecule has 8 aromatic rings. The van der Waals surface area contributed by atoms with Gasteiger partial charge in [-0.25, -0.2) is 9.97 Å². The Kier molecular flexibility index (Phi) is 84.0. The zero-order chi connectivity index (χ0) is 111. The molecule has 0 atom stereocenters. The van der Waals surface area contributed by atoms with E-state index in [9.17, 15) is 0 Å². The van der Waals surface area contributed by atoms with Crippen molar-refractivity contribution < 1.29 is 0 Å². The third-order valence-electron chi connectivity index (χ3n) is 22.9. The molecule has 0 aliphatic heterocycles. The standard InChI is InChI=1S/C16H26.2C15H25N.C14H23N.3C13H22N2.C12H21N3.8C2H6/c1-10(2)14-9-8-13(7)15(11(3)4)16(14)12(5)6;1-9(2)13-8-16-12(7)14(10(3)4)15(13)11(5)6;1-9(2)13-12(7)8-16-15(11(5)6)14(13)10(3)4;1-9(2)12-7-8-15-14(11(5)6)13(12)10(3)4;1-8(2)11-12(9(3)4)14-7-15-13(11)10(5)6;2*1-8(2)11-7-14-15-13(10(5)6)12(11)9(3)4;1-7(2)10-11(8(3)4)13-15-14-12(10)9(5)6;8*1-2/h8-12H,1-7H3;2*8-11H,1-7H3;7-11H,1-6H3;3*7-10H,1-6H3;7-9H,1-6H3;8*1-2H3. The number of pyridine rings is 3. The van der Waals surface area contributed by atoms with Crippen LogP contribution in [0.2, 0.25) is 0 Å². The van der Waals surface area contributed by atoms with E-state index in [1.807, 2.05) is 136 Å². The highest BCUT2D eigenvalue weighted by molar-refractivity contribution is 5.47. The summed E-state index contributed by atoms with van der Waals surface area (Å²) < 4.78 is 0. The molecule has 0 fully saturated rings. The smallest absolute Gasteiger partial charge is 0.115 e. The van der Waals surface area contributed by atoms with Crippen molar-refractivity contribution in [2.75, 3.05) is 0 Å². The molecule has 12 nitrogen and oxygen atoms in total. The molecule has 0 radical (unpaired) electrons. The van der Waals surface area contributed by atoms with E-state index in [-0.39, 0.29) is 0 Å². The van der Waals surface area contributed by atoms with Crippen LogP contribution in [-0.4, -0.2) is 60.7 Å². The van der Waals surface area contributed by atoms with Gasteiger partial charge in [-0.15, -0.1) is 10.2 Å². The summed E-state index contributed by atoms with van der Waals surface area (Å²) in [4.78, 5) is 22.6. The van der Waals surface area contributed by atoms with Gasteiger partial charge in [-0.1, -0.05) is 455 Å². The Labute approximate surface area is 868 Å². The van der Waals surface area contributed by atoms with E-state index in [4.69, 9.17) is 0 Å². The number of hydrogen-bond donors (Lipinski definition) is 0. The minimum atomic E-state index is 0.412. The molecule has 139 heavy (non-hydrogen) atoms. The molecule has 0 aliphatic rings. The number of aromatic nitrogens is 12. The van der Waals surface area contributed by atoms with Crippen molar-refractivity contribution >= 4 is 0 Å². The Balaban J connectivity index is -0.000000230. The van der Waals surface area contributed by atoms with Crippen LogP contribution in [0.3, 0.4) is 0 Å². The van der Waals surface area contributed by atoms with Crippen LogP contribution in [0, 0.1) is 20.8 Å². The van der Waals surface area contributed by atoms with Gasteiger partial charge in [0.1, 0.15) is 6.33 Å². The predicted octanol–water partition coefficient (Wildman–Crippen LogP) is 42.3. The molecule has 0 amide bonds. The van der Waals surface area contributed by atoms with Crippen LogP contribution in [0.1, 0.15) is 737 Å². The quantitative estimate of drug-likeness (QED) is 0.0565. The van der Waals surface area contributed by atoms with Gasteiger partial charge in [-0.05, 0) is 269 Å². The maximum atomic E-state index is 4.64. The van der Waals surface area contributed by atoms with Crippen molar-refractivity contribution in [2.24, 2.45) is 0 Å². The third kappa shape index (κ3) is 49.4. The lowest BCUT2D eigenvalue weighted by Crippen LogP contribution is -2.12. The second-order valence-electron chi connectivity index (χ2n) is 42.2. The van der Waals surface area contributed by atoms with Crippen molar-refractivity contribution in [3.05, 3.63) is 207 Å². The topological polar surface area (TPSA) is 155 Å². The van der Waals surface area contributed by atoms with Crippen molar-refractivity contribution in [3.63, 3.8) is 0 Å². The summed E-state index contributed by atoms with van der Waals surface area (Å²) >= 11 is 0. The molecule has 802 valence electrons. The molecular weight excluding hydrogens is 1690 g/mol. The number of hydrogen-bond acceptors (Lipinski definition) is 12. The van der Waals surface area contributed by atoms with Crippen LogP contribution < -0.4 is 0 Å². The second kappa shape index (κ2) is 79.3. The van der Waals surface area contributed by atoms with Crippen LogP contribution in [0.5, 0.6) is 0 Å². The van der Waals surface area contributed by atoms with E-state index >= 15 is 0 Å². The van der Waals surface area contributed by atoms with Gasteiger partial charge >= 0.3 is 0 Å². The lowest BCUT2D eigenvalue weighted by Gasteiger charge is -2.24. The Hall–Kier alpha value is -7.08. The summed E-state index contributed by atoms with van der Waals surface area (Å²) in [6.45, 7) is 146. The van der Waals surface area contributed by atoms with Crippen LogP contribution in [0.4, 0.5) is 0 Å². The molecule has 12 heteroatoms. The highest BCUT2D eigenvalue weighted by Gasteiger charge is 2.27. The van der Waals surface area contributed by atoms with E-state index in [0.717, 1.165) is 22.8 Å². The van der Waals surface area contributed by atoms with Crippen molar-refractivity contribution in [1.82, 2.24) is 60.7 Å². The van der Waals surface area contributed by atoms with E-state index in [1.165, 1.54) is 117 Å². The molecule has 7 aromatic heterocycles. The van der Waals surface area contributed by atoms with Crippen LogP contribution in [0.15, 0.2) is 55.5 Å². The van der Waals surface area contributed by atoms with Crippen molar-refractivity contribution in [3.8, 4) is 0 Å². The van der Waals surface area contributed by atoms with Gasteiger partial charge in [0.2, 0.25) is 0 Å². The molecule has 0 spiro atoms. The maximum absolute atomic E-state index is 4.64. The first kappa shape index (κ1) is 147. The van der Waals surface area contributed by atoms with Gasteiger partial charge < -0.3 is 0 Å². The Morgan fingerprint density at radius 3 is 0.662 bits per heavy atom. The number of aryl methyl sites for hydroxylation is 3. The molecule has 0 aliphatic carbocycles. The van der Waals surface area contributed by atoms with Gasteiger partial charge in [-0.3, -0.25) is 15.0 Å². The normalized spacial score (nSPS) is 10.8. The van der Waals surface area contributed by atoms with Crippen LogP contribution >= 0.6 is 0 Å². The molecule has 0 bridgehead atoms. The first-order chi connectivity index (χ1) is 64.8. The average Bonchev–Trinajstić information content (AvgIpc) is 0.793. The monoisotopic (exact) mass is 1930 g/mol. The molecule has 8 rings (SSSR count). The molecular formula is C127H234N12. The molecule has 0 unspecified atom stereocenters. The first-order valence-corrected chi connectivity index (χ1v) is 56.2. The zero-order valence-corrected chi connectivity index (χ0v) is 105. The summed E-state index contributed by atoms with van der Waals surface area (Å²) in [5, 5.41) is 29.1. The fraction of sp³-hybridized carbons (Fsp3) is 0.717. The number of rotatable bonds is 24. The molecule has 0 N–H and O–H groups in total. The number of benzene rings is 1. The fourth-order valence-corrected chi connectivity index (χ4v) is 17.4. The first-order valence-electron chi connectivity index (χ1n) is 56.2. The van der Waals surface area contributed by atoms with Crippen molar-refractivity contribution in [2.45, 2.75) is 606 Å². The van der Waals surface area contributed by atoms with Gasteiger partial charge in [0.25, 0.3) is 0 Å².